The van der Waals surface area contributed by atoms with Crippen LogP contribution in [0, 0.1) is 11.8 Å². The smallest absolute Gasteiger partial charge is 0.188 e. The van der Waals surface area contributed by atoms with Crippen molar-refractivity contribution in [2.45, 2.75) is 51.5 Å². The fourth-order valence-corrected chi connectivity index (χ4v) is 2.37. The Balaban J connectivity index is 1.68. The molecule has 0 bridgehead atoms. The summed E-state index contributed by atoms with van der Waals surface area (Å²) >= 11 is 0. The molecule has 0 aliphatic heterocycles. The standard InChI is InChI=1S/C12H23N3/c1-9-7-10(9)8-14-12(13)15-11-5-3-2-4-6-11/h9-11H,2-8H2,1H3,(H3,13,14,15). The maximum absolute atomic E-state index is 5.86. The molecule has 2 atom stereocenters. The van der Waals surface area contributed by atoms with Crippen LogP contribution in [0.5, 0.6) is 0 Å². The average Bonchev–Trinajstić information content (AvgIpc) is 2.93. The summed E-state index contributed by atoms with van der Waals surface area (Å²) in [6, 6.07) is 0.583. The number of hydrogen-bond donors (Lipinski definition) is 2. The number of guanidine groups is 1. The molecule has 2 saturated carbocycles. The highest BCUT2D eigenvalue weighted by Crippen LogP contribution is 2.37. The van der Waals surface area contributed by atoms with Gasteiger partial charge in [-0.3, -0.25) is 4.99 Å². The fraction of sp³-hybridized carbons (Fsp3) is 0.917. The Labute approximate surface area is 92.5 Å². The van der Waals surface area contributed by atoms with Crippen molar-refractivity contribution in [2.75, 3.05) is 6.54 Å². The van der Waals surface area contributed by atoms with Crippen molar-refractivity contribution in [3.05, 3.63) is 0 Å². The third kappa shape index (κ3) is 3.40. The minimum atomic E-state index is 0.583. The molecule has 2 aliphatic rings. The third-order valence-electron chi connectivity index (χ3n) is 3.73. The maximum Gasteiger partial charge on any atom is 0.188 e. The predicted octanol–water partition coefficient (Wildman–Crippen LogP) is 1.88. The van der Waals surface area contributed by atoms with Crippen LogP contribution in [-0.2, 0) is 0 Å². The van der Waals surface area contributed by atoms with E-state index in [9.17, 15) is 0 Å². The Kier molecular flexibility index (Phi) is 3.49. The van der Waals surface area contributed by atoms with E-state index in [4.69, 9.17) is 5.73 Å². The lowest BCUT2D eigenvalue weighted by atomic mass is 9.96. The quantitative estimate of drug-likeness (QED) is 0.551. The van der Waals surface area contributed by atoms with Gasteiger partial charge in [-0.25, -0.2) is 0 Å². The van der Waals surface area contributed by atoms with Gasteiger partial charge in [0.15, 0.2) is 5.96 Å². The number of nitrogens with one attached hydrogen (secondary N) is 1. The lowest BCUT2D eigenvalue weighted by Gasteiger charge is -2.23. The summed E-state index contributed by atoms with van der Waals surface area (Å²) in [6.07, 6.45) is 7.91. The van der Waals surface area contributed by atoms with Crippen LogP contribution < -0.4 is 11.1 Å². The SMILES string of the molecule is CC1CC1CN=C(N)NC1CCCCC1. The van der Waals surface area contributed by atoms with E-state index in [1.165, 1.54) is 38.5 Å². The highest BCUT2D eigenvalue weighted by atomic mass is 15.1. The largest absolute Gasteiger partial charge is 0.370 e. The van der Waals surface area contributed by atoms with E-state index in [-0.39, 0.29) is 0 Å². The molecule has 2 fully saturated rings. The van der Waals surface area contributed by atoms with E-state index in [0.717, 1.165) is 18.4 Å². The van der Waals surface area contributed by atoms with Crippen molar-refractivity contribution < 1.29 is 0 Å². The molecule has 3 heteroatoms. The summed E-state index contributed by atoms with van der Waals surface area (Å²) in [6.45, 7) is 3.21. The Morgan fingerprint density at radius 3 is 2.60 bits per heavy atom. The zero-order valence-corrected chi connectivity index (χ0v) is 9.71. The van der Waals surface area contributed by atoms with Crippen molar-refractivity contribution in [3.63, 3.8) is 0 Å². The van der Waals surface area contributed by atoms with Crippen molar-refractivity contribution in [3.8, 4) is 0 Å². The second-order valence-electron chi connectivity index (χ2n) is 5.18. The topological polar surface area (TPSA) is 50.4 Å². The van der Waals surface area contributed by atoms with Crippen LogP contribution in [0.3, 0.4) is 0 Å². The van der Waals surface area contributed by atoms with Crippen molar-refractivity contribution in [1.29, 1.82) is 0 Å². The first kappa shape index (κ1) is 10.8. The fourth-order valence-electron chi connectivity index (χ4n) is 2.37. The van der Waals surface area contributed by atoms with E-state index in [2.05, 4.69) is 17.2 Å². The lowest BCUT2D eigenvalue weighted by Crippen LogP contribution is -2.41. The van der Waals surface area contributed by atoms with Crippen LogP contribution in [0.4, 0.5) is 0 Å². The van der Waals surface area contributed by atoms with E-state index < -0.39 is 0 Å². The van der Waals surface area contributed by atoms with Gasteiger partial charge in [-0.15, -0.1) is 0 Å². The molecule has 0 spiro atoms. The van der Waals surface area contributed by atoms with Gasteiger partial charge in [-0.05, 0) is 31.1 Å². The molecule has 0 heterocycles. The second kappa shape index (κ2) is 4.86. The van der Waals surface area contributed by atoms with E-state index in [1.807, 2.05) is 0 Å². The highest BCUT2D eigenvalue weighted by Gasteiger charge is 2.31. The summed E-state index contributed by atoms with van der Waals surface area (Å²) in [4.78, 5) is 4.41. The van der Waals surface area contributed by atoms with E-state index >= 15 is 0 Å². The van der Waals surface area contributed by atoms with Gasteiger partial charge in [0.2, 0.25) is 0 Å². The molecule has 86 valence electrons. The van der Waals surface area contributed by atoms with Crippen LogP contribution in [0.2, 0.25) is 0 Å². The first-order chi connectivity index (χ1) is 7.25. The minimum absolute atomic E-state index is 0.583. The van der Waals surface area contributed by atoms with Crippen LogP contribution in [0.1, 0.15) is 45.4 Å². The molecular weight excluding hydrogens is 186 g/mol. The normalized spacial score (nSPS) is 32.7. The summed E-state index contributed by atoms with van der Waals surface area (Å²) in [5.41, 5.74) is 5.86. The van der Waals surface area contributed by atoms with Crippen molar-refractivity contribution in [2.24, 2.45) is 22.6 Å². The molecule has 0 saturated heterocycles. The van der Waals surface area contributed by atoms with Crippen LogP contribution in [0.15, 0.2) is 4.99 Å². The molecule has 2 aliphatic carbocycles. The molecule has 15 heavy (non-hydrogen) atoms. The Morgan fingerprint density at radius 2 is 2.00 bits per heavy atom. The number of nitrogens with zero attached hydrogens (tertiary/aromatic N) is 1. The molecule has 3 N–H and O–H groups in total. The molecule has 0 aromatic heterocycles. The summed E-state index contributed by atoms with van der Waals surface area (Å²) in [5.74, 6) is 2.34. The molecule has 2 unspecified atom stereocenters. The van der Waals surface area contributed by atoms with Crippen molar-refractivity contribution in [1.82, 2.24) is 5.32 Å². The lowest BCUT2D eigenvalue weighted by molar-refractivity contribution is 0.412. The first-order valence-electron chi connectivity index (χ1n) is 6.32. The molecule has 0 aromatic rings. The van der Waals surface area contributed by atoms with Gasteiger partial charge < -0.3 is 11.1 Å². The summed E-state index contributed by atoms with van der Waals surface area (Å²) in [7, 11) is 0. The van der Waals surface area contributed by atoms with Gasteiger partial charge in [0.1, 0.15) is 0 Å². The monoisotopic (exact) mass is 209 g/mol. The van der Waals surface area contributed by atoms with Gasteiger partial charge in [-0.1, -0.05) is 26.2 Å². The number of nitrogens with two attached hydrogens (primary N) is 1. The predicted molar refractivity (Wildman–Crippen MR) is 63.8 cm³/mol. The number of aliphatic imine (C=N–C) groups is 1. The van der Waals surface area contributed by atoms with Crippen LogP contribution >= 0.6 is 0 Å². The zero-order chi connectivity index (χ0) is 10.7. The first-order valence-corrected chi connectivity index (χ1v) is 6.32. The number of hydrogen-bond acceptors (Lipinski definition) is 1. The van der Waals surface area contributed by atoms with Gasteiger partial charge >= 0.3 is 0 Å². The molecule has 0 radical (unpaired) electrons. The Hall–Kier alpha value is -0.730. The Bertz CT molecular complexity index is 231. The van der Waals surface area contributed by atoms with Gasteiger partial charge in [0.25, 0.3) is 0 Å². The minimum Gasteiger partial charge on any atom is -0.370 e. The summed E-state index contributed by atoms with van der Waals surface area (Å²) < 4.78 is 0. The van der Waals surface area contributed by atoms with Crippen LogP contribution in [-0.4, -0.2) is 18.5 Å². The molecule has 0 amide bonds. The summed E-state index contributed by atoms with van der Waals surface area (Å²) in [5, 5.41) is 3.34. The van der Waals surface area contributed by atoms with Gasteiger partial charge in [0, 0.05) is 12.6 Å². The molecule has 3 nitrogen and oxygen atoms in total. The van der Waals surface area contributed by atoms with Gasteiger partial charge in [-0.2, -0.15) is 0 Å². The number of rotatable bonds is 3. The second-order valence-corrected chi connectivity index (χ2v) is 5.18. The van der Waals surface area contributed by atoms with Gasteiger partial charge in [0.05, 0.1) is 0 Å². The van der Waals surface area contributed by atoms with E-state index in [0.29, 0.717) is 12.0 Å². The maximum atomic E-state index is 5.86. The van der Waals surface area contributed by atoms with Crippen LogP contribution in [0.25, 0.3) is 0 Å². The Morgan fingerprint density at radius 1 is 1.33 bits per heavy atom. The average molecular weight is 209 g/mol. The highest BCUT2D eigenvalue weighted by molar-refractivity contribution is 5.78. The van der Waals surface area contributed by atoms with Crippen molar-refractivity contribution >= 4 is 5.96 Å². The third-order valence-corrected chi connectivity index (χ3v) is 3.73. The molecular formula is C12H23N3. The zero-order valence-electron chi connectivity index (χ0n) is 9.71. The van der Waals surface area contributed by atoms with E-state index in [1.54, 1.807) is 0 Å². The molecule has 0 aromatic carbocycles. The molecule has 2 rings (SSSR count).